The number of aromatic nitrogens is 1. The number of carbonyl (C=O) groups excluding carboxylic acids is 1. The Balaban J connectivity index is 2.83. The normalized spacial score (nSPS) is 11.1. The predicted octanol–water partition coefficient (Wildman–Crippen LogP) is -0.263. The molecule has 0 spiro atoms. The Hall–Kier alpha value is -2.23. The number of nitrogen functional groups attached to an aromatic ring is 1. The zero-order valence-corrected chi connectivity index (χ0v) is 11.5. The third-order valence-corrected chi connectivity index (χ3v) is 4.19. The minimum atomic E-state index is -3.22. The third kappa shape index (κ3) is 4.16. The van der Waals surface area contributed by atoms with Gasteiger partial charge in [0.15, 0.2) is 9.84 Å². The van der Waals surface area contributed by atoms with Crippen LogP contribution in [0.3, 0.4) is 0 Å². The lowest BCUT2D eigenvalue weighted by Crippen LogP contribution is -2.30. The molecule has 1 heterocycles. The van der Waals surface area contributed by atoms with E-state index in [0.717, 1.165) is 12.3 Å². The van der Waals surface area contributed by atoms with E-state index in [1.807, 2.05) is 0 Å². The molecule has 0 aliphatic rings. The van der Waals surface area contributed by atoms with Crippen LogP contribution in [-0.2, 0) is 9.84 Å². The zero-order valence-electron chi connectivity index (χ0n) is 10.7. The molecular formula is C10H14N4O5S. The molecule has 0 bridgehead atoms. The zero-order chi connectivity index (χ0) is 15.3. The van der Waals surface area contributed by atoms with Gasteiger partial charge in [0.05, 0.1) is 10.7 Å². The van der Waals surface area contributed by atoms with E-state index in [4.69, 9.17) is 5.73 Å². The minimum absolute atomic E-state index is 0.0365. The number of rotatable bonds is 6. The maximum absolute atomic E-state index is 11.8. The van der Waals surface area contributed by atoms with Crippen LogP contribution in [0.25, 0.3) is 0 Å². The highest BCUT2D eigenvalue weighted by Gasteiger charge is 2.21. The number of anilines is 1. The number of nitro groups is 1. The molecule has 9 nitrogen and oxygen atoms in total. The van der Waals surface area contributed by atoms with Gasteiger partial charge >= 0.3 is 0 Å². The van der Waals surface area contributed by atoms with Gasteiger partial charge in [-0.3, -0.25) is 14.9 Å². The SMILES string of the molecule is CCS(=O)(=O)CCNC(=O)c1cc(N)ncc1[N+](=O)[O-]. The summed E-state index contributed by atoms with van der Waals surface area (Å²) in [6, 6.07) is 1.07. The fourth-order valence-corrected chi connectivity index (χ4v) is 2.05. The van der Waals surface area contributed by atoms with E-state index >= 15 is 0 Å². The molecule has 110 valence electrons. The Morgan fingerprint density at radius 1 is 1.55 bits per heavy atom. The van der Waals surface area contributed by atoms with Crippen molar-refractivity contribution >= 4 is 27.2 Å². The number of hydrogen-bond acceptors (Lipinski definition) is 7. The molecule has 0 aromatic carbocycles. The largest absolute Gasteiger partial charge is 0.384 e. The van der Waals surface area contributed by atoms with Crippen LogP contribution < -0.4 is 11.1 Å². The van der Waals surface area contributed by atoms with Crippen molar-refractivity contribution in [2.45, 2.75) is 6.92 Å². The molecule has 1 amide bonds. The number of pyridine rings is 1. The predicted molar refractivity (Wildman–Crippen MR) is 72.0 cm³/mol. The summed E-state index contributed by atoms with van der Waals surface area (Å²) >= 11 is 0. The van der Waals surface area contributed by atoms with E-state index in [1.54, 1.807) is 0 Å². The van der Waals surface area contributed by atoms with Crippen LogP contribution in [0.1, 0.15) is 17.3 Å². The highest BCUT2D eigenvalue weighted by atomic mass is 32.2. The van der Waals surface area contributed by atoms with Crippen molar-refractivity contribution < 1.29 is 18.1 Å². The second-order valence-electron chi connectivity index (χ2n) is 3.88. The maximum atomic E-state index is 11.8. The molecule has 1 aromatic rings. The molecule has 0 atom stereocenters. The topological polar surface area (TPSA) is 145 Å². The molecule has 0 aliphatic heterocycles. The highest BCUT2D eigenvalue weighted by molar-refractivity contribution is 7.91. The number of carbonyl (C=O) groups is 1. The summed E-state index contributed by atoms with van der Waals surface area (Å²) < 4.78 is 22.5. The smallest absolute Gasteiger partial charge is 0.300 e. The Morgan fingerprint density at radius 3 is 2.75 bits per heavy atom. The molecule has 10 heteroatoms. The van der Waals surface area contributed by atoms with Crippen molar-refractivity contribution in [2.75, 3.05) is 23.8 Å². The summed E-state index contributed by atoms with van der Waals surface area (Å²) in [4.78, 5) is 25.3. The molecule has 0 fully saturated rings. The average molecular weight is 302 g/mol. The fraction of sp³-hybridized carbons (Fsp3) is 0.400. The Morgan fingerprint density at radius 2 is 2.20 bits per heavy atom. The fourth-order valence-electron chi connectivity index (χ4n) is 1.35. The molecule has 1 aromatic heterocycles. The van der Waals surface area contributed by atoms with E-state index in [-0.39, 0.29) is 29.4 Å². The van der Waals surface area contributed by atoms with Crippen molar-refractivity contribution in [1.29, 1.82) is 0 Å². The van der Waals surface area contributed by atoms with Crippen molar-refractivity contribution in [3.63, 3.8) is 0 Å². The molecule has 0 radical (unpaired) electrons. The second kappa shape index (κ2) is 6.28. The van der Waals surface area contributed by atoms with Gasteiger partial charge in [0, 0.05) is 12.3 Å². The quantitative estimate of drug-likeness (QED) is 0.543. The van der Waals surface area contributed by atoms with E-state index in [9.17, 15) is 23.3 Å². The van der Waals surface area contributed by atoms with Crippen LogP contribution >= 0.6 is 0 Å². The second-order valence-corrected chi connectivity index (χ2v) is 6.35. The van der Waals surface area contributed by atoms with Crippen molar-refractivity contribution in [3.8, 4) is 0 Å². The van der Waals surface area contributed by atoms with E-state index in [2.05, 4.69) is 10.3 Å². The Bertz CT molecular complexity index is 629. The van der Waals surface area contributed by atoms with Crippen LogP contribution in [0, 0.1) is 10.1 Å². The monoisotopic (exact) mass is 302 g/mol. The first-order valence-electron chi connectivity index (χ1n) is 5.65. The first-order valence-corrected chi connectivity index (χ1v) is 7.47. The lowest BCUT2D eigenvalue weighted by atomic mass is 10.2. The molecule has 0 saturated carbocycles. The molecular weight excluding hydrogens is 288 g/mol. The van der Waals surface area contributed by atoms with Crippen molar-refractivity contribution in [2.24, 2.45) is 0 Å². The third-order valence-electron chi connectivity index (χ3n) is 2.48. The molecule has 20 heavy (non-hydrogen) atoms. The van der Waals surface area contributed by atoms with Crippen LogP contribution in [0.4, 0.5) is 11.5 Å². The standard InChI is InChI=1S/C10H14N4O5S/c1-2-20(18,19)4-3-12-10(15)7-5-9(11)13-6-8(7)14(16)17/h5-6H,2-4H2,1H3,(H2,11,13)(H,12,15). The molecule has 0 aliphatic carbocycles. The van der Waals surface area contributed by atoms with E-state index in [0.29, 0.717) is 0 Å². The number of nitrogens with zero attached hydrogens (tertiary/aromatic N) is 2. The summed E-state index contributed by atoms with van der Waals surface area (Å²) in [7, 11) is -3.22. The lowest BCUT2D eigenvalue weighted by Gasteiger charge is -2.06. The van der Waals surface area contributed by atoms with Crippen LogP contribution in [-0.4, -0.2) is 42.3 Å². The summed E-state index contributed by atoms with van der Waals surface area (Å²) in [6.45, 7) is 1.36. The van der Waals surface area contributed by atoms with Gasteiger partial charge in [-0.25, -0.2) is 13.4 Å². The number of sulfone groups is 1. The Kier molecular flexibility index (Phi) is 4.97. The lowest BCUT2D eigenvalue weighted by molar-refractivity contribution is -0.385. The van der Waals surface area contributed by atoms with Gasteiger partial charge in [0.25, 0.3) is 11.6 Å². The van der Waals surface area contributed by atoms with Crippen LogP contribution in [0.5, 0.6) is 0 Å². The molecule has 3 N–H and O–H groups in total. The van der Waals surface area contributed by atoms with Crippen LogP contribution in [0.15, 0.2) is 12.3 Å². The van der Waals surface area contributed by atoms with Crippen molar-refractivity contribution in [1.82, 2.24) is 10.3 Å². The van der Waals surface area contributed by atoms with E-state index in [1.165, 1.54) is 6.92 Å². The minimum Gasteiger partial charge on any atom is -0.384 e. The molecule has 1 rings (SSSR count). The Labute approximate surface area is 115 Å². The maximum Gasteiger partial charge on any atom is 0.300 e. The van der Waals surface area contributed by atoms with E-state index < -0.39 is 26.4 Å². The van der Waals surface area contributed by atoms with Gasteiger partial charge < -0.3 is 11.1 Å². The van der Waals surface area contributed by atoms with Crippen LogP contribution in [0.2, 0.25) is 0 Å². The van der Waals surface area contributed by atoms with Gasteiger partial charge in [-0.2, -0.15) is 0 Å². The first kappa shape index (κ1) is 15.8. The first-order chi connectivity index (χ1) is 9.26. The average Bonchev–Trinajstić information content (AvgIpc) is 2.37. The summed E-state index contributed by atoms with van der Waals surface area (Å²) in [5.41, 5.74) is 4.63. The van der Waals surface area contributed by atoms with Gasteiger partial charge in [-0.15, -0.1) is 0 Å². The van der Waals surface area contributed by atoms with Gasteiger partial charge in [-0.05, 0) is 6.07 Å². The highest BCUT2D eigenvalue weighted by Crippen LogP contribution is 2.18. The van der Waals surface area contributed by atoms with Gasteiger partial charge in [0.2, 0.25) is 0 Å². The number of hydrogen-bond donors (Lipinski definition) is 2. The summed E-state index contributed by atoms with van der Waals surface area (Å²) in [5, 5.41) is 13.1. The summed E-state index contributed by atoms with van der Waals surface area (Å²) in [5.74, 6) is -1.08. The van der Waals surface area contributed by atoms with Gasteiger partial charge in [-0.1, -0.05) is 6.92 Å². The molecule has 0 unspecified atom stereocenters. The summed E-state index contributed by atoms with van der Waals surface area (Å²) in [6.07, 6.45) is 0.882. The molecule has 0 saturated heterocycles. The number of nitrogens with two attached hydrogens (primary N) is 1. The number of amides is 1. The van der Waals surface area contributed by atoms with Gasteiger partial charge in [0.1, 0.15) is 17.6 Å². The number of nitrogens with one attached hydrogen (secondary N) is 1. The van der Waals surface area contributed by atoms with Crippen molar-refractivity contribution in [3.05, 3.63) is 27.9 Å².